The molecule has 65 heavy (non-hydrogen) atoms. The van der Waals surface area contributed by atoms with Crippen LogP contribution in [-0.2, 0) is 26.5 Å². The number of aromatic nitrogens is 3. The molecule has 0 spiro atoms. The van der Waals surface area contributed by atoms with Crippen LogP contribution in [0.15, 0.2) is 158 Å². The number of fused-ring (bicyclic) bond motifs is 1. The largest absolute Gasteiger partial charge is 0.507 e. The molecule has 7 aromatic carbocycles. The van der Waals surface area contributed by atoms with Gasteiger partial charge in [-0.15, -0.1) is 23.8 Å². The maximum atomic E-state index is 12.1. The van der Waals surface area contributed by atoms with Crippen molar-refractivity contribution in [3.63, 3.8) is 0 Å². The van der Waals surface area contributed by atoms with Crippen LogP contribution in [0.4, 0.5) is 0 Å². The number of aromatic hydroxyl groups is 1. The molecular weight excluding hydrogens is 974 g/mol. The first-order valence-corrected chi connectivity index (χ1v) is 21.9. The zero-order valence-corrected chi connectivity index (χ0v) is 40.4. The van der Waals surface area contributed by atoms with E-state index in [1.807, 2.05) is 149 Å². The van der Waals surface area contributed by atoms with Gasteiger partial charge in [0.25, 0.3) is 0 Å². The number of phenolic OH excluding ortho intramolecular Hbond substituents is 1. The fourth-order valence-corrected chi connectivity index (χ4v) is 8.44. The minimum atomic E-state index is -2.60. The monoisotopic (exact) mass is 1030 g/mol. The molecule has 0 atom stereocenters. The third kappa shape index (κ3) is 9.02. The third-order valence-corrected chi connectivity index (χ3v) is 12.2. The van der Waals surface area contributed by atoms with E-state index >= 15 is 0 Å². The van der Waals surface area contributed by atoms with Crippen molar-refractivity contribution in [1.29, 1.82) is 0 Å². The molecule has 9 rings (SSSR count). The third-order valence-electron chi connectivity index (χ3n) is 12.2. The number of phenols is 1. The summed E-state index contributed by atoms with van der Waals surface area (Å²) in [6.45, 7) is 12.9. The number of hydrogen-bond acceptors (Lipinski definition) is 3. The summed E-state index contributed by atoms with van der Waals surface area (Å²) in [6.07, 6.45) is 1.82. The molecular formula is C60H56N3OPt-. The van der Waals surface area contributed by atoms with Gasteiger partial charge in [0.05, 0.1) is 22.3 Å². The van der Waals surface area contributed by atoms with Crippen molar-refractivity contribution in [3.8, 4) is 78.6 Å². The summed E-state index contributed by atoms with van der Waals surface area (Å²) in [4.78, 5) is 10.3. The molecule has 0 aliphatic rings. The van der Waals surface area contributed by atoms with Crippen LogP contribution in [0.2, 0.25) is 0 Å². The molecule has 0 saturated carbocycles. The number of nitrogens with zero attached hydrogens (tertiary/aromatic N) is 3. The van der Waals surface area contributed by atoms with E-state index in [0.717, 1.165) is 66.9 Å². The van der Waals surface area contributed by atoms with E-state index in [4.69, 9.17) is 16.8 Å². The summed E-state index contributed by atoms with van der Waals surface area (Å²) in [6, 6.07) is 53.5. The second-order valence-electron chi connectivity index (χ2n) is 18.3. The van der Waals surface area contributed by atoms with Gasteiger partial charge in [-0.05, 0) is 117 Å². The molecule has 2 aromatic heterocycles. The number of hydrogen-bond donors (Lipinski definition) is 1. The van der Waals surface area contributed by atoms with Crippen molar-refractivity contribution >= 4 is 11.0 Å². The minimum absolute atomic E-state index is 0. The van der Waals surface area contributed by atoms with E-state index < -0.39 is 18.6 Å². The molecule has 5 heteroatoms. The predicted octanol–water partition coefficient (Wildman–Crippen LogP) is 16.1. The summed E-state index contributed by atoms with van der Waals surface area (Å²) < 4.78 is 46.9. The number of para-hydroxylation sites is 1. The molecule has 0 aliphatic carbocycles. The second kappa shape index (κ2) is 18.3. The van der Waals surface area contributed by atoms with Crippen LogP contribution in [-0.4, -0.2) is 19.6 Å². The van der Waals surface area contributed by atoms with Crippen molar-refractivity contribution in [3.05, 3.63) is 192 Å². The molecule has 9 aromatic rings. The Labute approximate surface area is 406 Å². The van der Waals surface area contributed by atoms with Crippen LogP contribution in [0.25, 0.3) is 83.9 Å². The molecule has 2 heterocycles. The smallest absolute Gasteiger partial charge is 0.148 e. The maximum Gasteiger partial charge on any atom is 0.148 e. The Morgan fingerprint density at radius 2 is 1.25 bits per heavy atom. The Morgan fingerprint density at radius 3 is 1.89 bits per heavy atom. The Bertz CT molecular complexity index is 3370. The number of benzene rings is 7. The van der Waals surface area contributed by atoms with Crippen LogP contribution in [0.5, 0.6) is 5.75 Å². The van der Waals surface area contributed by atoms with Crippen LogP contribution in [0.3, 0.4) is 0 Å². The van der Waals surface area contributed by atoms with E-state index in [2.05, 4.69) is 69.3 Å². The van der Waals surface area contributed by atoms with Gasteiger partial charge in [0.15, 0.2) is 0 Å². The number of rotatable bonds is 9. The summed E-state index contributed by atoms with van der Waals surface area (Å²) in [5.74, 6) is -1.49. The molecule has 0 aliphatic heterocycles. The molecule has 1 N–H and O–H groups in total. The fraction of sp³-hybridized carbons (Fsp3) is 0.200. The molecule has 0 fully saturated rings. The van der Waals surface area contributed by atoms with Gasteiger partial charge < -0.3 is 5.11 Å². The van der Waals surface area contributed by atoms with E-state index in [-0.39, 0.29) is 37.8 Å². The topological polar surface area (TPSA) is 50.9 Å². The molecule has 0 amide bonds. The van der Waals surface area contributed by atoms with Gasteiger partial charge in [0.2, 0.25) is 0 Å². The molecule has 0 unspecified atom stereocenters. The SMILES string of the molecule is [2H]C([2H])([2H])c1cc(-c2cc(C([2H])(C)C)cc(C([2H])(C)C)c2)ccc1-n1c(-c2cc(C(C)(C)C)cc(C)c2O)nc2c(-c3[c-]c(-c4cc(-c5ccccc5)ccn4)cc(-c4ccccc4)c3)cccc21.[Pt]. The van der Waals surface area contributed by atoms with Gasteiger partial charge in [0.1, 0.15) is 11.6 Å². The van der Waals surface area contributed by atoms with Crippen LogP contribution >= 0.6 is 0 Å². The maximum absolute atomic E-state index is 12.1. The minimum Gasteiger partial charge on any atom is -0.507 e. The van der Waals surface area contributed by atoms with E-state index in [1.54, 1.807) is 6.07 Å². The Balaban J connectivity index is 0.00000659. The van der Waals surface area contributed by atoms with Gasteiger partial charge in [-0.25, -0.2) is 4.98 Å². The van der Waals surface area contributed by atoms with Gasteiger partial charge in [0, 0.05) is 39.8 Å². The quantitative estimate of drug-likeness (QED) is 0.147. The van der Waals surface area contributed by atoms with Crippen molar-refractivity contribution in [2.75, 3.05) is 0 Å². The summed E-state index contributed by atoms with van der Waals surface area (Å²) in [5.41, 5.74) is 13.5. The first-order chi connectivity index (χ1) is 32.5. The average molecular weight is 1040 g/mol. The van der Waals surface area contributed by atoms with Gasteiger partial charge in [-0.2, -0.15) is 0 Å². The Morgan fingerprint density at radius 1 is 0.615 bits per heavy atom. The first kappa shape index (κ1) is 39.1. The van der Waals surface area contributed by atoms with Crippen molar-refractivity contribution in [2.24, 2.45) is 0 Å². The van der Waals surface area contributed by atoms with Crippen molar-refractivity contribution in [2.45, 2.75) is 79.4 Å². The van der Waals surface area contributed by atoms with Crippen LogP contribution in [0, 0.1) is 19.8 Å². The molecule has 0 saturated heterocycles. The van der Waals surface area contributed by atoms with Gasteiger partial charge in [-0.3, -0.25) is 9.55 Å². The van der Waals surface area contributed by atoms with Crippen molar-refractivity contribution in [1.82, 2.24) is 14.5 Å². The molecule has 4 nitrogen and oxygen atoms in total. The van der Waals surface area contributed by atoms with Gasteiger partial charge in [-0.1, -0.05) is 174 Å². The summed E-state index contributed by atoms with van der Waals surface area (Å²) in [5, 5.41) is 12.1. The number of aryl methyl sites for hydroxylation is 2. The number of pyridine rings is 1. The summed E-state index contributed by atoms with van der Waals surface area (Å²) in [7, 11) is 0. The Hall–Kier alpha value is -6.35. The average Bonchev–Trinajstić information content (AvgIpc) is 3.71. The molecule has 328 valence electrons. The standard InChI is InChI=1S/C60H56N3O.Pt/c1-37(2)45-29-46(38(3)4)31-48(30-45)43-23-24-55(39(5)27-43)63-56-22-16-21-52(57(56)62-59(63)53-36-51(60(7,8)9)28-40(6)58(53)64)49-32-47(42-19-14-11-15-20-42)33-50(34-49)54-35-44(25-26-61-54)41-17-12-10-13-18-41;/h10-33,35-38,64H,1-9H3;/q-1;/i5D3,37D,38D;. The molecule has 0 radical (unpaired) electrons. The second-order valence-corrected chi connectivity index (χ2v) is 18.3. The normalized spacial score (nSPS) is 13.3. The van der Waals surface area contributed by atoms with E-state index in [1.165, 1.54) is 0 Å². The molecule has 0 bridgehead atoms. The Kier molecular flexibility index (Phi) is 11.0. The zero-order valence-electron chi connectivity index (χ0n) is 43.1. The van der Waals surface area contributed by atoms with Crippen LogP contribution in [0.1, 0.15) is 94.9 Å². The fourth-order valence-electron chi connectivity index (χ4n) is 8.44. The van der Waals surface area contributed by atoms with Crippen LogP contribution < -0.4 is 0 Å². The predicted molar refractivity (Wildman–Crippen MR) is 268 cm³/mol. The first-order valence-electron chi connectivity index (χ1n) is 24.4. The van der Waals surface area contributed by atoms with E-state index in [0.29, 0.717) is 39.2 Å². The van der Waals surface area contributed by atoms with E-state index in [9.17, 15) is 5.11 Å². The van der Waals surface area contributed by atoms with Gasteiger partial charge >= 0.3 is 0 Å². The van der Waals surface area contributed by atoms with Crippen molar-refractivity contribution < 1.29 is 33.0 Å². The number of imidazole rings is 1. The zero-order chi connectivity index (χ0) is 49.2. The summed E-state index contributed by atoms with van der Waals surface area (Å²) >= 11 is 0.